The summed E-state index contributed by atoms with van der Waals surface area (Å²) in [6, 6.07) is 1.99. The van der Waals surface area contributed by atoms with Crippen LogP contribution in [0.15, 0.2) is 10.5 Å². The van der Waals surface area contributed by atoms with E-state index < -0.39 is 0 Å². The highest BCUT2D eigenvalue weighted by Crippen LogP contribution is 2.31. The summed E-state index contributed by atoms with van der Waals surface area (Å²) in [6.45, 7) is 2.93. The lowest BCUT2D eigenvalue weighted by molar-refractivity contribution is -0.131. The molecule has 1 aliphatic heterocycles. The molecule has 1 aromatic heterocycles. The number of thiophene rings is 1. The molecule has 2 rings (SSSR count). The summed E-state index contributed by atoms with van der Waals surface area (Å²) in [5.41, 5.74) is 0. The molecule has 3 nitrogen and oxygen atoms in total. The lowest BCUT2D eigenvalue weighted by Gasteiger charge is -2.26. The van der Waals surface area contributed by atoms with E-state index in [0.717, 1.165) is 39.6 Å². The second-order valence-electron chi connectivity index (χ2n) is 4.38. The molecule has 0 bridgehead atoms. The van der Waals surface area contributed by atoms with Gasteiger partial charge in [-0.05, 0) is 41.3 Å². The first-order valence-electron chi connectivity index (χ1n) is 6.09. The molecule has 1 saturated heterocycles. The van der Waals surface area contributed by atoms with Crippen LogP contribution >= 0.6 is 38.9 Å². The monoisotopic (exact) mass is 350 g/mol. The fraction of sp³-hybridized carbons (Fsp3) is 0.583. The number of piperidine rings is 1. The molecule has 1 aliphatic rings. The molecule has 0 radical (unpaired) electrons. The fourth-order valence-electron chi connectivity index (χ4n) is 2.03. The quantitative estimate of drug-likeness (QED) is 0.903. The summed E-state index contributed by atoms with van der Waals surface area (Å²) in [5, 5.41) is 3.18. The van der Waals surface area contributed by atoms with E-state index in [2.05, 4.69) is 21.2 Å². The van der Waals surface area contributed by atoms with Gasteiger partial charge in [-0.1, -0.05) is 11.6 Å². The zero-order valence-electron chi connectivity index (χ0n) is 10.0. The Morgan fingerprint density at radius 3 is 2.78 bits per heavy atom. The molecular formula is C12H16BrClN2OS. The van der Waals surface area contributed by atoms with Crippen LogP contribution in [0.2, 0.25) is 4.34 Å². The lowest BCUT2D eigenvalue weighted by atomic mass is 10.1. The maximum atomic E-state index is 11.9. The predicted octanol–water partition coefficient (Wildman–Crippen LogP) is 3.27. The zero-order valence-corrected chi connectivity index (χ0v) is 13.2. The molecule has 2 heterocycles. The first kappa shape index (κ1) is 14.3. The van der Waals surface area contributed by atoms with E-state index in [-0.39, 0.29) is 5.91 Å². The minimum absolute atomic E-state index is 0.205. The van der Waals surface area contributed by atoms with Gasteiger partial charge in [0, 0.05) is 29.0 Å². The van der Waals surface area contributed by atoms with Crippen molar-refractivity contribution < 1.29 is 4.79 Å². The van der Waals surface area contributed by atoms with Crippen LogP contribution in [0.5, 0.6) is 0 Å². The van der Waals surface area contributed by atoms with Gasteiger partial charge in [0.15, 0.2) is 0 Å². The highest BCUT2D eigenvalue weighted by atomic mass is 79.9. The number of rotatable bonds is 4. The van der Waals surface area contributed by atoms with E-state index >= 15 is 0 Å². The normalized spacial score (nSPS) is 16.0. The lowest BCUT2D eigenvalue weighted by Crippen LogP contribution is -2.40. The van der Waals surface area contributed by atoms with Crippen LogP contribution in [-0.4, -0.2) is 30.4 Å². The SMILES string of the molecule is O=C(CNCc1cc(Br)c(Cl)s1)N1CCCCC1. The predicted molar refractivity (Wildman–Crippen MR) is 79.2 cm³/mol. The molecule has 0 saturated carbocycles. The van der Waals surface area contributed by atoms with Crippen molar-refractivity contribution in [2.75, 3.05) is 19.6 Å². The summed E-state index contributed by atoms with van der Waals surface area (Å²) in [5.74, 6) is 0.205. The maximum Gasteiger partial charge on any atom is 0.236 e. The van der Waals surface area contributed by atoms with Gasteiger partial charge in [0.2, 0.25) is 5.91 Å². The third kappa shape index (κ3) is 3.95. The van der Waals surface area contributed by atoms with Gasteiger partial charge < -0.3 is 10.2 Å². The van der Waals surface area contributed by atoms with E-state index in [4.69, 9.17) is 11.6 Å². The molecular weight excluding hydrogens is 336 g/mol. The number of nitrogens with zero attached hydrogens (tertiary/aromatic N) is 1. The molecule has 1 N–H and O–H groups in total. The van der Waals surface area contributed by atoms with Crippen LogP contribution in [0, 0.1) is 0 Å². The van der Waals surface area contributed by atoms with Crippen molar-refractivity contribution in [3.05, 3.63) is 19.8 Å². The third-order valence-corrected chi connectivity index (χ3v) is 5.46. The summed E-state index contributed by atoms with van der Waals surface area (Å²) in [7, 11) is 0. The Hall–Kier alpha value is -0.100. The fourth-order valence-corrected chi connectivity index (χ4v) is 3.79. The third-order valence-electron chi connectivity index (χ3n) is 2.98. The molecule has 1 amide bonds. The number of likely N-dealkylation sites (tertiary alicyclic amines) is 1. The Morgan fingerprint density at radius 1 is 1.44 bits per heavy atom. The second kappa shape index (κ2) is 6.89. The molecule has 0 spiro atoms. The average Bonchev–Trinajstić information content (AvgIpc) is 2.69. The van der Waals surface area contributed by atoms with Gasteiger partial charge in [0.05, 0.1) is 6.54 Å². The van der Waals surface area contributed by atoms with Crippen LogP contribution < -0.4 is 5.32 Å². The van der Waals surface area contributed by atoms with Gasteiger partial charge in [-0.15, -0.1) is 11.3 Å². The second-order valence-corrected chi connectivity index (χ2v) is 6.97. The highest BCUT2D eigenvalue weighted by Gasteiger charge is 2.15. The number of carbonyl (C=O) groups is 1. The minimum Gasteiger partial charge on any atom is -0.342 e. The Balaban J connectivity index is 1.72. The molecule has 0 aromatic carbocycles. The van der Waals surface area contributed by atoms with Crippen molar-refractivity contribution >= 4 is 44.8 Å². The van der Waals surface area contributed by atoms with Crippen LogP contribution in [0.25, 0.3) is 0 Å². The smallest absolute Gasteiger partial charge is 0.236 e. The van der Waals surface area contributed by atoms with Gasteiger partial charge in [0.25, 0.3) is 0 Å². The van der Waals surface area contributed by atoms with E-state index in [1.807, 2.05) is 11.0 Å². The molecule has 1 fully saturated rings. The molecule has 100 valence electrons. The number of hydrogen-bond donors (Lipinski definition) is 1. The standard InChI is InChI=1S/C12H16BrClN2OS/c13-10-6-9(18-12(10)14)7-15-8-11(17)16-4-2-1-3-5-16/h6,15H,1-5,7-8H2. The molecule has 0 unspecified atom stereocenters. The van der Waals surface area contributed by atoms with Crippen molar-refractivity contribution in [2.24, 2.45) is 0 Å². The van der Waals surface area contributed by atoms with E-state index in [0.29, 0.717) is 13.1 Å². The summed E-state index contributed by atoms with van der Waals surface area (Å²) < 4.78 is 1.68. The van der Waals surface area contributed by atoms with Gasteiger partial charge in [-0.3, -0.25) is 4.79 Å². The van der Waals surface area contributed by atoms with Crippen LogP contribution in [0.3, 0.4) is 0 Å². The van der Waals surface area contributed by atoms with Gasteiger partial charge in [0.1, 0.15) is 4.34 Å². The largest absolute Gasteiger partial charge is 0.342 e. The van der Waals surface area contributed by atoms with Gasteiger partial charge in [-0.2, -0.15) is 0 Å². The number of halogens is 2. The topological polar surface area (TPSA) is 32.3 Å². The number of nitrogens with one attached hydrogen (secondary N) is 1. The Labute approximate surface area is 125 Å². The Kier molecular flexibility index (Phi) is 5.48. The van der Waals surface area contributed by atoms with Crippen LogP contribution in [0.1, 0.15) is 24.1 Å². The first-order chi connectivity index (χ1) is 8.66. The van der Waals surface area contributed by atoms with Gasteiger partial charge in [-0.25, -0.2) is 0 Å². The van der Waals surface area contributed by atoms with Crippen molar-refractivity contribution in [2.45, 2.75) is 25.8 Å². The summed E-state index contributed by atoms with van der Waals surface area (Å²) >= 11 is 10.9. The zero-order chi connectivity index (χ0) is 13.0. The van der Waals surface area contributed by atoms with E-state index in [1.165, 1.54) is 17.8 Å². The Bertz CT molecular complexity index is 399. The molecule has 1 aromatic rings. The number of amides is 1. The van der Waals surface area contributed by atoms with Crippen molar-refractivity contribution in [3.8, 4) is 0 Å². The number of carbonyl (C=O) groups excluding carboxylic acids is 1. The average molecular weight is 352 g/mol. The number of hydrogen-bond acceptors (Lipinski definition) is 3. The van der Waals surface area contributed by atoms with Crippen LogP contribution in [-0.2, 0) is 11.3 Å². The molecule has 0 aliphatic carbocycles. The van der Waals surface area contributed by atoms with Gasteiger partial charge >= 0.3 is 0 Å². The molecule has 18 heavy (non-hydrogen) atoms. The minimum atomic E-state index is 0.205. The van der Waals surface area contributed by atoms with Crippen molar-refractivity contribution in [1.29, 1.82) is 0 Å². The van der Waals surface area contributed by atoms with E-state index in [1.54, 1.807) is 0 Å². The van der Waals surface area contributed by atoms with Crippen LogP contribution in [0.4, 0.5) is 0 Å². The Morgan fingerprint density at radius 2 is 2.17 bits per heavy atom. The first-order valence-corrected chi connectivity index (χ1v) is 8.08. The van der Waals surface area contributed by atoms with E-state index in [9.17, 15) is 4.79 Å². The highest BCUT2D eigenvalue weighted by molar-refractivity contribution is 9.10. The summed E-state index contributed by atoms with van der Waals surface area (Å²) in [4.78, 5) is 15.0. The van der Waals surface area contributed by atoms with Crippen molar-refractivity contribution in [1.82, 2.24) is 10.2 Å². The van der Waals surface area contributed by atoms with Crippen molar-refractivity contribution in [3.63, 3.8) is 0 Å². The summed E-state index contributed by atoms with van der Waals surface area (Å²) in [6.07, 6.45) is 3.53. The maximum absolute atomic E-state index is 11.9. The molecule has 0 atom stereocenters. The molecule has 6 heteroatoms.